The largest absolute Gasteiger partial charge is 0.337 e. The Bertz CT molecular complexity index is 489. The molecule has 0 atom stereocenters. The van der Waals surface area contributed by atoms with Gasteiger partial charge in [-0.25, -0.2) is 4.79 Å². The smallest absolute Gasteiger partial charge is 0.318 e. The van der Waals surface area contributed by atoms with Crippen molar-refractivity contribution < 1.29 is 9.63 Å². The zero-order valence-corrected chi connectivity index (χ0v) is 11.2. The molecular weight excluding hydrogens is 226 g/mol. The Morgan fingerprint density at radius 3 is 2.83 bits per heavy atom. The monoisotopic (exact) mass is 245 g/mol. The standard InChI is InChI=1S/C15H19NO2/c1-10(2)15(17)18-16-14-6-4-5-12-9-11(3)7-8-13(12)14/h7-10H,4-6H2,1-3H3/b16-14+. The second-order valence-corrected chi connectivity index (χ2v) is 5.12. The minimum absolute atomic E-state index is 0.143. The Balaban J connectivity index is 2.22. The van der Waals surface area contributed by atoms with Crippen molar-refractivity contribution in [3.8, 4) is 0 Å². The highest BCUT2D eigenvalue weighted by Gasteiger charge is 2.17. The summed E-state index contributed by atoms with van der Waals surface area (Å²) in [6, 6.07) is 6.34. The first kappa shape index (κ1) is 12.8. The molecule has 96 valence electrons. The van der Waals surface area contributed by atoms with E-state index in [9.17, 15) is 4.79 Å². The molecule has 0 saturated heterocycles. The lowest BCUT2D eigenvalue weighted by Gasteiger charge is -2.17. The fourth-order valence-corrected chi connectivity index (χ4v) is 2.09. The third-order valence-electron chi connectivity index (χ3n) is 3.15. The van der Waals surface area contributed by atoms with Crippen LogP contribution in [-0.4, -0.2) is 11.7 Å². The van der Waals surface area contributed by atoms with Crippen molar-refractivity contribution in [1.82, 2.24) is 0 Å². The highest BCUT2D eigenvalue weighted by molar-refractivity contribution is 6.02. The quantitative estimate of drug-likeness (QED) is 0.592. The van der Waals surface area contributed by atoms with Gasteiger partial charge in [-0.3, -0.25) is 0 Å². The predicted octanol–water partition coefficient (Wildman–Crippen LogP) is 3.23. The lowest BCUT2D eigenvalue weighted by atomic mass is 9.89. The Kier molecular flexibility index (Phi) is 3.80. The fraction of sp³-hybridized carbons (Fsp3) is 0.467. The van der Waals surface area contributed by atoms with E-state index in [2.05, 4.69) is 30.3 Å². The molecule has 1 aliphatic rings. The number of hydrogen-bond donors (Lipinski definition) is 0. The third kappa shape index (κ3) is 2.78. The molecule has 0 unspecified atom stereocenters. The lowest BCUT2D eigenvalue weighted by molar-refractivity contribution is -0.147. The summed E-state index contributed by atoms with van der Waals surface area (Å²) in [7, 11) is 0. The highest BCUT2D eigenvalue weighted by atomic mass is 16.7. The Morgan fingerprint density at radius 2 is 2.11 bits per heavy atom. The maximum absolute atomic E-state index is 11.4. The average molecular weight is 245 g/mol. The summed E-state index contributed by atoms with van der Waals surface area (Å²) in [6.45, 7) is 5.70. The van der Waals surface area contributed by atoms with E-state index in [1.807, 2.05) is 0 Å². The number of carbonyl (C=O) groups excluding carboxylic acids is 1. The summed E-state index contributed by atoms with van der Waals surface area (Å²) in [5.41, 5.74) is 4.59. The minimum atomic E-state index is -0.276. The second kappa shape index (κ2) is 5.34. The number of rotatable bonds is 2. The molecule has 0 heterocycles. The zero-order valence-electron chi connectivity index (χ0n) is 11.2. The van der Waals surface area contributed by atoms with Gasteiger partial charge >= 0.3 is 5.97 Å². The maximum atomic E-state index is 11.4. The van der Waals surface area contributed by atoms with Gasteiger partial charge in [0.05, 0.1) is 11.6 Å². The summed E-state index contributed by atoms with van der Waals surface area (Å²) >= 11 is 0. The van der Waals surface area contributed by atoms with E-state index in [0.29, 0.717) is 0 Å². The number of hydrogen-bond acceptors (Lipinski definition) is 3. The molecule has 0 amide bonds. The topological polar surface area (TPSA) is 38.7 Å². The number of fused-ring (bicyclic) bond motifs is 1. The van der Waals surface area contributed by atoms with Gasteiger partial charge in [-0.15, -0.1) is 0 Å². The van der Waals surface area contributed by atoms with Crippen LogP contribution in [0, 0.1) is 12.8 Å². The van der Waals surface area contributed by atoms with Gasteiger partial charge in [0.2, 0.25) is 0 Å². The van der Waals surface area contributed by atoms with Crippen molar-refractivity contribution in [3.05, 3.63) is 34.9 Å². The van der Waals surface area contributed by atoms with Crippen LogP contribution in [0.3, 0.4) is 0 Å². The van der Waals surface area contributed by atoms with Crippen molar-refractivity contribution in [1.29, 1.82) is 0 Å². The van der Waals surface area contributed by atoms with Crippen molar-refractivity contribution in [2.45, 2.75) is 40.0 Å². The van der Waals surface area contributed by atoms with Crippen molar-refractivity contribution >= 4 is 11.7 Å². The zero-order chi connectivity index (χ0) is 13.1. The molecule has 0 aliphatic heterocycles. The molecule has 0 spiro atoms. The van der Waals surface area contributed by atoms with Crippen LogP contribution in [0.5, 0.6) is 0 Å². The molecule has 0 N–H and O–H groups in total. The molecule has 0 fully saturated rings. The Morgan fingerprint density at radius 1 is 1.33 bits per heavy atom. The van der Waals surface area contributed by atoms with Crippen LogP contribution in [0.4, 0.5) is 0 Å². The van der Waals surface area contributed by atoms with E-state index in [4.69, 9.17) is 4.84 Å². The van der Waals surface area contributed by atoms with Crippen LogP contribution in [0.2, 0.25) is 0 Å². The van der Waals surface area contributed by atoms with E-state index in [-0.39, 0.29) is 11.9 Å². The van der Waals surface area contributed by atoms with Crippen molar-refractivity contribution in [3.63, 3.8) is 0 Å². The van der Waals surface area contributed by atoms with Crippen molar-refractivity contribution in [2.75, 3.05) is 0 Å². The molecule has 0 radical (unpaired) electrons. The van der Waals surface area contributed by atoms with E-state index >= 15 is 0 Å². The molecule has 0 aromatic heterocycles. The molecule has 2 rings (SSSR count). The first-order valence-corrected chi connectivity index (χ1v) is 6.45. The van der Waals surface area contributed by atoms with Gasteiger partial charge in [-0.2, -0.15) is 0 Å². The fourth-order valence-electron chi connectivity index (χ4n) is 2.09. The molecule has 0 bridgehead atoms. The van der Waals surface area contributed by atoms with E-state index in [1.165, 1.54) is 11.1 Å². The normalized spacial score (nSPS) is 16.8. The number of nitrogens with zero attached hydrogens (tertiary/aromatic N) is 1. The van der Waals surface area contributed by atoms with Gasteiger partial charge in [-0.05, 0) is 31.7 Å². The van der Waals surface area contributed by atoms with Gasteiger partial charge in [0.25, 0.3) is 0 Å². The maximum Gasteiger partial charge on any atom is 0.337 e. The van der Waals surface area contributed by atoms with Gasteiger partial charge in [0.15, 0.2) is 0 Å². The van der Waals surface area contributed by atoms with Gasteiger partial charge < -0.3 is 4.84 Å². The summed E-state index contributed by atoms with van der Waals surface area (Å²) in [6.07, 6.45) is 3.02. The molecule has 0 saturated carbocycles. The number of aryl methyl sites for hydroxylation is 2. The molecule has 1 aromatic rings. The van der Waals surface area contributed by atoms with Gasteiger partial charge in [-0.1, -0.05) is 42.8 Å². The number of benzene rings is 1. The van der Waals surface area contributed by atoms with Crippen LogP contribution < -0.4 is 0 Å². The molecule has 3 heteroatoms. The SMILES string of the molecule is Cc1ccc2c(c1)CCC/C2=N\OC(=O)C(C)C. The summed E-state index contributed by atoms with van der Waals surface area (Å²) in [4.78, 5) is 16.4. The second-order valence-electron chi connectivity index (χ2n) is 5.12. The molecule has 1 aromatic carbocycles. The average Bonchev–Trinajstić information content (AvgIpc) is 2.35. The van der Waals surface area contributed by atoms with Crippen LogP contribution in [0.15, 0.2) is 23.4 Å². The van der Waals surface area contributed by atoms with Gasteiger partial charge in [0.1, 0.15) is 0 Å². The number of oxime groups is 1. The summed E-state index contributed by atoms with van der Waals surface area (Å²) in [5.74, 6) is -0.419. The van der Waals surface area contributed by atoms with E-state index in [0.717, 1.165) is 30.5 Å². The molecule has 18 heavy (non-hydrogen) atoms. The summed E-state index contributed by atoms with van der Waals surface area (Å²) < 4.78 is 0. The first-order chi connectivity index (χ1) is 8.58. The van der Waals surface area contributed by atoms with Crippen LogP contribution in [0.1, 0.15) is 43.4 Å². The Labute approximate surface area is 108 Å². The summed E-state index contributed by atoms with van der Waals surface area (Å²) in [5, 5.41) is 4.04. The molecule has 1 aliphatic carbocycles. The Hall–Kier alpha value is -1.64. The van der Waals surface area contributed by atoms with Crippen LogP contribution >= 0.6 is 0 Å². The predicted molar refractivity (Wildman–Crippen MR) is 71.6 cm³/mol. The van der Waals surface area contributed by atoms with E-state index in [1.54, 1.807) is 13.8 Å². The van der Waals surface area contributed by atoms with E-state index < -0.39 is 0 Å². The number of carbonyl (C=O) groups is 1. The highest BCUT2D eigenvalue weighted by Crippen LogP contribution is 2.23. The third-order valence-corrected chi connectivity index (χ3v) is 3.15. The molecule has 3 nitrogen and oxygen atoms in total. The van der Waals surface area contributed by atoms with Crippen molar-refractivity contribution in [2.24, 2.45) is 11.1 Å². The lowest BCUT2D eigenvalue weighted by Crippen LogP contribution is -2.15. The van der Waals surface area contributed by atoms with Crippen LogP contribution in [0.25, 0.3) is 0 Å². The van der Waals surface area contributed by atoms with Gasteiger partial charge in [0, 0.05) is 5.56 Å². The van der Waals surface area contributed by atoms with Crippen LogP contribution in [-0.2, 0) is 16.1 Å². The minimum Gasteiger partial charge on any atom is -0.318 e. The molecular formula is C15H19NO2. The first-order valence-electron chi connectivity index (χ1n) is 6.45.